The fourth-order valence-electron chi connectivity index (χ4n) is 2.24. The Kier molecular flexibility index (Phi) is 2.23. The van der Waals surface area contributed by atoms with Crippen molar-refractivity contribution in [2.24, 2.45) is 5.73 Å². The quantitative estimate of drug-likeness (QED) is 0.782. The molecule has 1 aromatic rings. The maximum absolute atomic E-state index is 11.3. The molecule has 4 N–H and O–H groups in total. The zero-order valence-corrected chi connectivity index (χ0v) is 8.99. The summed E-state index contributed by atoms with van der Waals surface area (Å²) in [6.07, 6.45) is 3.25. The van der Waals surface area contributed by atoms with E-state index in [1.165, 1.54) is 16.2 Å². The van der Waals surface area contributed by atoms with Crippen LogP contribution in [0.3, 0.4) is 0 Å². The Bertz CT molecular complexity index is 384. The number of carbonyl (C=O) groups is 1. The van der Waals surface area contributed by atoms with Gasteiger partial charge in [-0.3, -0.25) is 4.79 Å². The Balaban J connectivity index is 2.55. The van der Waals surface area contributed by atoms with Gasteiger partial charge in [0.1, 0.15) is 0 Å². The fourth-order valence-corrected chi connectivity index (χ4v) is 3.42. The lowest BCUT2D eigenvalue weighted by Crippen LogP contribution is -2.14. The molecule has 0 bridgehead atoms. The van der Waals surface area contributed by atoms with Crippen LogP contribution in [-0.4, -0.2) is 5.91 Å². The van der Waals surface area contributed by atoms with E-state index >= 15 is 0 Å². The van der Waals surface area contributed by atoms with Crippen LogP contribution in [0.1, 0.15) is 46.5 Å². The van der Waals surface area contributed by atoms with Gasteiger partial charge in [0.15, 0.2) is 0 Å². The highest BCUT2D eigenvalue weighted by Gasteiger charge is 2.30. The van der Waals surface area contributed by atoms with E-state index in [0.29, 0.717) is 16.5 Å². The van der Waals surface area contributed by atoms with Gasteiger partial charge in [0.2, 0.25) is 0 Å². The number of nitrogen functional groups attached to an aromatic ring is 1. The molecule has 0 fully saturated rings. The van der Waals surface area contributed by atoms with Crippen LogP contribution in [-0.2, 0) is 6.42 Å². The highest BCUT2D eigenvalue weighted by atomic mass is 32.1. The normalized spacial score (nSPS) is 19.6. The number of fused-ring (bicyclic) bond motifs is 1. The number of hydrogen-bond donors (Lipinski definition) is 2. The van der Waals surface area contributed by atoms with Crippen molar-refractivity contribution in [2.75, 3.05) is 5.73 Å². The predicted molar refractivity (Wildman–Crippen MR) is 58.6 cm³/mol. The van der Waals surface area contributed by atoms with Crippen molar-refractivity contribution >= 4 is 22.2 Å². The third kappa shape index (κ3) is 1.21. The van der Waals surface area contributed by atoms with Crippen molar-refractivity contribution < 1.29 is 4.79 Å². The summed E-state index contributed by atoms with van der Waals surface area (Å²) in [6.45, 7) is 2.14. The number of anilines is 1. The van der Waals surface area contributed by atoms with Crippen LogP contribution in [0.4, 0.5) is 5.00 Å². The predicted octanol–water partition coefficient (Wildman–Crippen LogP) is 1.87. The summed E-state index contributed by atoms with van der Waals surface area (Å²) in [5.74, 6) is 0.112. The van der Waals surface area contributed by atoms with Crippen LogP contribution < -0.4 is 11.5 Å². The van der Waals surface area contributed by atoms with Gasteiger partial charge in [-0.25, -0.2) is 0 Å². The molecule has 1 heterocycles. The summed E-state index contributed by atoms with van der Waals surface area (Å²) < 4.78 is 0. The van der Waals surface area contributed by atoms with Crippen molar-refractivity contribution in [3.8, 4) is 0 Å². The van der Waals surface area contributed by atoms with Gasteiger partial charge in [0, 0.05) is 4.88 Å². The molecular formula is C10H14N2OS. The third-order valence-electron chi connectivity index (χ3n) is 2.92. The molecule has 3 nitrogen and oxygen atoms in total. The van der Waals surface area contributed by atoms with Crippen molar-refractivity contribution in [3.05, 3.63) is 16.0 Å². The highest BCUT2D eigenvalue weighted by Crippen LogP contribution is 2.44. The molecule has 0 radical (unpaired) electrons. The molecular weight excluding hydrogens is 196 g/mol. The number of rotatable bonds is 2. The molecule has 1 aliphatic carbocycles. The van der Waals surface area contributed by atoms with Crippen molar-refractivity contribution in [3.63, 3.8) is 0 Å². The fraction of sp³-hybridized carbons (Fsp3) is 0.500. The molecule has 0 saturated carbocycles. The van der Waals surface area contributed by atoms with Gasteiger partial charge in [-0.2, -0.15) is 0 Å². The van der Waals surface area contributed by atoms with E-state index in [2.05, 4.69) is 6.92 Å². The van der Waals surface area contributed by atoms with E-state index in [-0.39, 0.29) is 5.91 Å². The number of thiophene rings is 1. The molecule has 1 unspecified atom stereocenters. The van der Waals surface area contributed by atoms with Crippen LogP contribution in [0.5, 0.6) is 0 Å². The second-order valence-electron chi connectivity index (χ2n) is 3.69. The molecule has 0 spiro atoms. The molecule has 1 amide bonds. The second kappa shape index (κ2) is 3.28. The SMILES string of the molecule is CCC1CCc2sc(N)c(C(N)=O)c21. The number of hydrogen-bond acceptors (Lipinski definition) is 3. The van der Waals surface area contributed by atoms with E-state index in [1.54, 1.807) is 0 Å². The largest absolute Gasteiger partial charge is 0.390 e. The number of nitrogens with two attached hydrogens (primary N) is 2. The van der Waals surface area contributed by atoms with Gasteiger partial charge in [-0.15, -0.1) is 11.3 Å². The lowest BCUT2D eigenvalue weighted by molar-refractivity contribution is 0.100. The van der Waals surface area contributed by atoms with E-state index < -0.39 is 0 Å². The summed E-state index contributed by atoms with van der Waals surface area (Å²) in [5.41, 5.74) is 12.9. The number of primary amides is 1. The van der Waals surface area contributed by atoms with Crippen molar-refractivity contribution in [2.45, 2.75) is 32.1 Å². The Morgan fingerprint density at radius 1 is 1.64 bits per heavy atom. The molecule has 14 heavy (non-hydrogen) atoms. The van der Waals surface area contributed by atoms with Crippen LogP contribution in [0, 0.1) is 0 Å². The third-order valence-corrected chi connectivity index (χ3v) is 4.01. The smallest absolute Gasteiger partial charge is 0.251 e. The van der Waals surface area contributed by atoms with Gasteiger partial charge in [-0.1, -0.05) is 6.92 Å². The first-order chi connectivity index (χ1) is 6.65. The van der Waals surface area contributed by atoms with Gasteiger partial charge in [-0.05, 0) is 30.7 Å². The molecule has 1 atom stereocenters. The zero-order chi connectivity index (χ0) is 10.3. The minimum atomic E-state index is -0.375. The Morgan fingerprint density at radius 2 is 2.36 bits per heavy atom. The van der Waals surface area contributed by atoms with E-state index in [0.717, 1.165) is 24.8 Å². The standard InChI is InChI=1S/C10H14N2OS/c1-2-5-3-4-6-7(5)8(9(11)13)10(12)14-6/h5H,2-4,12H2,1H3,(H2,11,13). The summed E-state index contributed by atoms with van der Waals surface area (Å²) in [4.78, 5) is 12.5. The topological polar surface area (TPSA) is 69.1 Å². The van der Waals surface area contributed by atoms with Gasteiger partial charge >= 0.3 is 0 Å². The Hall–Kier alpha value is -1.03. The second-order valence-corrected chi connectivity index (χ2v) is 4.82. The van der Waals surface area contributed by atoms with Crippen LogP contribution in [0.15, 0.2) is 0 Å². The minimum Gasteiger partial charge on any atom is -0.390 e. The van der Waals surface area contributed by atoms with Crippen LogP contribution in [0.25, 0.3) is 0 Å². The number of carbonyl (C=O) groups excluding carboxylic acids is 1. The molecule has 0 aromatic carbocycles. The van der Waals surface area contributed by atoms with E-state index in [4.69, 9.17) is 11.5 Å². The van der Waals surface area contributed by atoms with Gasteiger partial charge in [0.05, 0.1) is 10.6 Å². The molecule has 0 saturated heterocycles. The van der Waals surface area contributed by atoms with Crippen LogP contribution in [0.2, 0.25) is 0 Å². The Morgan fingerprint density at radius 3 is 2.93 bits per heavy atom. The Labute approximate surface area is 87.1 Å². The lowest BCUT2D eigenvalue weighted by Gasteiger charge is -2.08. The number of amides is 1. The summed E-state index contributed by atoms with van der Waals surface area (Å²) in [6, 6.07) is 0. The molecule has 1 aromatic heterocycles. The van der Waals surface area contributed by atoms with Crippen LogP contribution >= 0.6 is 11.3 Å². The van der Waals surface area contributed by atoms with E-state index in [1.807, 2.05) is 0 Å². The first-order valence-electron chi connectivity index (χ1n) is 4.86. The first-order valence-corrected chi connectivity index (χ1v) is 5.67. The lowest BCUT2D eigenvalue weighted by atomic mass is 9.96. The van der Waals surface area contributed by atoms with E-state index in [9.17, 15) is 4.79 Å². The maximum atomic E-state index is 11.3. The first kappa shape index (κ1) is 9.52. The molecule has 4 heteroatoms. The molecule has 76 valence electrons. The average Bonchev–Trinajstić information content (AvgIpc) is 2.60. The van der Waals surface area contributed by atoms with Crippen molar-refractivity contribution in [1.29, 1.82) is 0 Å². The summed E-state index contributed by atoms with van der Waals surface area (Å²) in [5, 5.41) is 0.598. The van der Waals surface area contributed by atoms with Gasteiger partial charge in [0.25, 0.3) is 5.91 Å². The average molecular weight is 210 g/mol. The molecule has 0 aliphatic heterocycles. The number of aryl methyl sites for hydroxylation is 1. The monoisotopic (exact) mass is 210 g/mol. The highest BCUT2D eigenvalue weighted by molar-refractivity contribution is 7.16. The summed E-state index contributed by atoms with van der Waals surface area (Å²) in [7, 11) is 0. The minimum absolute atomic E-state index is 0.375. The molecule has 1 aliphatic rings. The maximum Gasteiger partial charge on any atom is 0.251 e. The summed E-state index contributed by atoms with van der Waals surface area (Å²) >= 11 is 1.53. The van der Waals surface area contributed by atoms with Crippen molar-refractivity contribution in [1.82, 2.24) is 0 Å². The molecule has 2 rings (SSSR count). The van der Waals surface area contributed by atoms with Gasteiger partial charge < -0.3 is 11.5 Å². The zero-order valence-electron chi connectivity index (χ0n) is 8.17.